The zero-order valence-corrected chi connectivity index (χ0v) is 26.8. The largest absolute Gasteiger partial charge is 0.397 e. The highest BCUT2D eigenvalue weighted by atomic mass is 35.5. The second-order valence-electron chi connectivity index (χ2n) is 11.0. The van der Waals surface area contributed by atoms with Crippen LogP contribution in [0.1, 0.15) is 26.3 Å². The number of anilines is 2. The standard InChI is InChI=1S/C31H28Cl3F2N7O2/c1-5-19(44)41-8-10-42(11-9-41)29-16-12-18(32)27(20-21(33)23(35)24(36)22(34)25(20)38)40-30(16)43(31(45)17(29)13-37)28-15(4)6-7-39-26(28)14(2)3/h5-7,12,14,26,39H,1,8-11,38H2,2-4H3. The van der Waals surface area contributed by atoms with Gasteiger partial charge in [-0.3, -0.25) is 14.2 Å². The molecule has 1 amide bonds. The van der Waals surface area contributed by atoms with Crippen LogP contribution in [0.2, 0.25) is 15.1 Å². The van der Waals surface area contributed by atoms with Gasteiger partial charge < -0.3 is 20.9 Å². The Hall–Kier alpha value is -4.11. The van der Waals surface area contributed by atoms with Crippen molar-refractivity contribution in [3.63, 3.8) is 0 Å². The highest BCUT2D eigenvalue weighted by Crippen LogP contribution is 2.45. The summed E-state index contributed by atoms with van der Waals surface area (Å²) < 4.78 is 30.6. The molecule has 1 aromatic carbocycles. The van der Waals surface area contributed by atoms with Crippen molar-refractivity contribution >= 4 is 68.8 Å². The van der Waals surface area contributed by atoms with E-state index >= 15 is 0 Å². The van der Waals surface area contributed by atoms with Crippen LogP contribution in [0.5, 0.6) is 0 Å². The number of amides is 1. The number of carbonyl (C=O) groups is 1. The molecule has 0 aliphatic carbocycles. The maximum absolute atomic E-state index is 14.8. The maximum atomic E-state index is 14.8. The zero-order chi connectivity index (χ0) is 32.9. The summed E-state index contributed by atoms with van der Waals surface area (Å²) in [6, 6.07) is 3.21. The van der Waals surface area contributed by atoms with Gasteiger partial charge in [-0.25, -0.2) is 13.8 Å². The number of nitrogens with two attached hydrogens (primary N) is 1. The van der Waals surface area contributed by atoms with Gasteiger partial charge in [0.05, 0.1) is 38.9 Å². The Balaban J connectivity index is 1.90. The lowest BCUT2D eigenvalue weighted by atomic mass is 9.94. The summed E-state index contributed by atoms with van der Waals surface area (Å²) in [5.74, 6) is -3.10. The molecular weight excluding hydrogens is 647 g/mol. The fourth-order valence-electron chi connectivity index (χ4n) is 5.77. The molecule has 9 nitrogen and oxygen atoms in total. The van der Waals surface area contributed by atoms with E-state index in [4.69, 9.17) is 45.5 Å². The Morgan fingerprint density at radius 2 is 1.84 bits per heavy atom. The Kier molecular flexibility index (Phi) is 8.86. The zero-order valence-electron chi connectivity index (χ0n) is 24.5. The first-order chi connectivity index (χ1) is 21.3. The van der Waals surface area contributed by atoms with E-state index in [1.54, 1.807) is 17.2 Å². The average molecular weight is 675 g/mol. The van der Waals surface area contributed by atoms with E-state index in [0.717, 1.165) is 5.57 Å². The SMILES string of the molecule is C=CC(=O)N1CCN(c2c(C#N)c(=O)n(C3=C(C)C=CNC3C(C)C)c3nc(-c4c(N)c(Cl)c(F)c(F)c4Cl)c(Cl)cc23)CC1. The monoisotopic (exact) mass is 673 g/mol. The number of carbonyl (C=O) groups excluding carboxylic acids is 1. The van der Waals surface area contributed by atoms with Gasteiger partial charge in [-0.15, -0.1) is 0 Å². The van der Waals surface area contributed by atoms with Crippen molar-refractivity contribution in [2.45, 2.75) is 26.8 Å². The second kappa shape index (κ2) is 12.4. The molecule has 3 N–H and O–H groups in total. The van der Waals surface area contributed by atoms with Crippen LogP contribution >= 0.6 is 34.8 Å². The maximum Gasteiger partial charge on any atom is 0.276 e. The van der Waals surface area contributed by atoms with Crippen molar-refractivity contribution in [3.05, 3.63) is 79.2 Å². The van der Waals surface area contributed by atoms with Gasteiger partial charge in [0, 0.05) is 37.1 Å². The average Bonchev–Trinajstić information content (AvgIpc) is 3.02. The molecule has 0 saturated carbocycles. The number of hydrogen-bond acceptors (Lipinski definition) is 7. The Labute approximate surface area is 272 Å². The number of fused-ring (bicyclic) bond motifs is 1. The molecule has 45 heavy (non-hydrogen) atoms. The molecule has 0 bridgehead atoms. The molecule has 1 unspecified atom stereocenters. The third-order valence-corrected chi connectivity index (χ3v) is 9.04. The van der Waals surface area contributed by atoms with Crippen molar-refractivity contribution in [3.8, 4) is 17.3 Å². The van der Waals surface area contributed by atoms with Crippen LogP contribution in [0.25, 0.3) is 28.0 Å². The summed E-state index contributed by atoms with van der Waals surface area (Å²) in [6.45, 7) is 10.5. The number of nitrogens with zero attached hydrogens (tertiary/aromatic N) is 5. The van der Waals surface area contributed by atoms with E-state index in [-0.39, 0.29) is 51.0 Å². The van der Waals surface area contributed by atoms with Gasteiger partial charge >= 0.3 is 0 Å². The minimum Gasteiger partial charge on any atom is -0.397 e. The van der Waals surface area contributed by atoms with Crippen LogP contribution in [0.4, 0.5) is 20.2 Å². The quantitative estimate of drug-likeness (QED) is 0.148. The molecule has 0 radical (unpaired) electrons. The Morgan fingerprint density at radius 1 is 1.20 bits per heavy atom. The van der Waals surface area contributed by atoms with Crippen LogP contribution in [0.15, 0.2) is 41.4 Å². The number of rotatable bonds is 5. The predicted octanol–water partition coefficient (Wildman–Crippen LogP) is 5.96. The number of aromatic nitrogens is 2. The third-order valence-electron chi connectivity index (χ3n) is 8.03. The topological polar surface area (TPSA) is 120 Å². The van der Waals surface area contributed by atoms with E-state index < -0.39 is 32.9 Å². The van der Waals surface area contributed by atoms with Gasteiger partial charge in [0.2, 0.25) is 5.91 Å². The van der Waals surface area contributed by atoms with Gasteiger partial charge in [-0.1, -0.05) is 55.2 Å². The number of allylic oxidation sites excluding steroid dienone is 2. The molecule has 1 fully saturated rings. The van der Waals surface area contributed by atoms with E-state index in [0.29, 0.717) is 37.3 Å². The molecule has 5 rings (SSSR count). The van der Waals surface area contributed by atoms with Crippen LogP contribution in [0.3, 0.4) is 0 Å². The summed E-state index contributed by atoms with van der Waals surface area (Å²) in [6.07, 6.45) is 4.80. The Morgan fingerprint density at radius 3 is 2.44 bits per heavy atom. The fraction of sp³-hybridized carbons (Fsp3) is 0.290. The summed E-state index contributed by atoms with van der Waals surface area (Å²) >= 11 is 19.0. The summed E-state index contributed by atoms with van der Waals surface area (Å²) in [4.78, 5) is 34.8. The number of nitrogen functional groups attached to an aromatic ring is 1. The fourth-order valence-corrected chi connectivity index (χ4v) is 6.46. The van der Waals surface area contributed by atoms with Crippen LogP contribution in [-0.4, -0.2) is 52.6 Å². The molecule has 1 saturated heterocycles. The number of benzene rings is 1. The molecule has 2 aromatic heterocycles. The van der Waals surface area contributed by atoms with Crippen LogP contribution < -0.4 is 21.5 Å². The number of halogens is 5. The lowest BCUT2D eigenvalue weighted by Crippen LogP contribution is -2.49. The number of dihydropyridines is 1. The van der Waals surface area contributed by atoms with Gasteiger partial charge in [-0.2, -0.15) is 5.26 Å². The number of pyridine rings is 2. The van der Waals surface area contributed by atoms with Crippen molar-refractivity contribution in [2.75, 3.05) is 36.8 Å². The van der Waals surface area contributed by atoms with Gasteiger partial charge in [-0.05, 0) is 42.8 Å². The molecule has 234 valence electrons. The molecule has 2 aliphatic heterocycles. The number of piperazine rings is 1. The third kappa shape index (κ3) is 5.31. The van der Waals surface area contributed by atoms with Gasteiger partial charge in [0.1, 0.15) is 22.3 Å². The van der Waals surface area contributed by atoms with E-state index in [9.17, 15) is 23.6 Å². The summed E-state index contributed by atoms with van der Waals surface area (Å²) in [5, 5.41) is 12.6. The van der Waals surface area contributed by atoms with Crippen LogP contribution in [-0.2, 0) is 4.79 Å². The number of nitrogens with one attached hydrogen (secondary N) is 1. The minimum absolute atomic E-state index is 0.00982. The minimum atomic E-state index is -1.44. The first kappa shape index (κ1) is 32.3. The highest BCUT2D eigenvalue weighted by Gasteiger charge is 2.33. The smallest absolute Gasteiger partial charge is 0.276 e. The first-order valence-corrected chi connectivity index (χ1v) is 15.1. The van der Waals surface area contributed by atoms with Crippen molar-refractivity contribution in [2.24, 2.45) is 5.92 Å². The lowest BCUT2D eigenvalue weighted by Gasteiger charge is -2.37. The molecule has 2 aliphatic rings. The number of hydrogen-bond donors (Lipinski definition) is 2. The Bertz CT molecular complexity index is 1910. The van der Waals surface area contributed by atoms with E-state index in [1.807, 2.05) is 25.7 Å². The summed E-state index contributed by atoms with van der Waals surface area (Å²) in [7, 11) is 0. The van der Waals surface area contributed by atoms with E-state index in [2.05, 4.69) is 18.0 Å². The second-order valence-corrected chi connectivity index (χ2v) is 12.2. The highest BCUT2D eigenvalue weighted by molar-refractivity contribution is 6.40. The van der Waals surface area contributed by atoms with Crippen LogP contribution in [0, 0.1) is 28.9 Å². The van der Waals surface area contributed by atoms with Crippen molar-refractivity contribution in [1.29, 1.82) is 5.26 Å². The lowest BCUT2D eigenvalue weighted by molar-refractivity contribution is -0.126. The van der Waals surface area contributed by atoms with E-state index in [1.165, 1.54) is 16.7 Å². The molecule has 1 atom stereocenters. The predicted molar refractivity (Wildman–Crippen MR) is 174 cm³/mol. The first-order valence-electron chi connectivity index (χ1n) is 13.9. The number of nitriles is 1. The molecule has 14 heteroatoms. The van der Waals surface area contributed by atoms with Gasteiger partial charge in [0.25, 0.3) is 5.56 Å². The molecule has 4 heterocycles. The molecule has 3 aromatic rings. The molecular formula is C31H28Cl3F2N7O2. The van der Waals surface area contributed by atoms with Crippen molar-refractivity contribution < 1.29 is 13.6 Å². The van der Waals surface area contributed by atoms with Gasteiger partial charge in [0.15, 0.2) is 11.6 Å². The normalized spacial score (nSPS) is 16.8. The summed E-state index contributed by atoms with van der Waals surface area (Å²) in [5.41, 5.74) is 6.17. The van der Waals surface area contributed by atoms with Crippen molar-refractivity contribution in [1.82, 2.24) is 19.8 Å². The molecule has 0 spiro atoms.